The highest BCUT2D eigenvalue weighted by Crippen LogP contribution is 2.26. The molecule has 2 aromatic carbocycles. The van der Waals surface area contributed by atoms with Crippen molar-refractivity contribution in [1.82, 2.24) is 4.90 Å². The number of amides is 2. The summed E-state index contributed by atoms with van der Waals surface area (Å²) in [6, 6.07) is 13.5. The molecule has 0 bridgehead atoms. The van der Waals surface area contributed by atoms with Gasteiger partial charge in [0, 0.05) is 11.6 Å². The van der Waals surface area contributed by atoms with Gasteiger partial charge < -0.3 is 15.4 Å². The van der Waals surface area contributed by atoms with Gasteiger partial charge in [0.1, 0.15) is 5.75 Å². The van der Waals surface area contributed by atoms with Gasteiger partial charge in [0.25, 0.3) is 0 Å². The van der Waals surface area contributed by atoms with E-state index in [-0.39, 0.29) is 17.7 Å². The minimum Gasteiger partial charge on any atom is -0.492 e. The third kappa shape index (κ3) is 6.07. The molecule has 0 unspecified atom stereocenters. The average molecular weight is 410 g/mol. The third-order valence-corrected chi connectivity index (χ3v) is 5.28. The molecule has 0 atom stereocenters. The Morgan fingerprint density at radius 2 is 1.70 bits per heavy atom. The van der Waals surface area contributed by atoms with Gasteiger partial charge >= 0.3 is 0 Å². The van der Waals surface area contributed by atoms with Crippen molar-refractivity contribution >= 4 is 23.2 Å². The van der Waals surface area contributed by atoms with Gasteiger partial charge in [-0.05, 0) is 82.1 Å². The summed E-state index contributed by atoms with van der Waals surface area (Å²) in [6.45, 7) is 8.31. The van der Waals surface area contributed by atoms with Crippen LogP contribution in [0.2, 0.25) is 0 Å². The van der Waals surface area contributed by atoms with E-state index in [1.54, 1.807) is 0 Å². The standard InChI is InChI=1S/C24H31N3O3/c1-4-30-22-8-6-5-7-21(22)26-24(29)19-9-11-27(12-10-19)16-23(28)25-20-14-17(2)13-18(3)15-20/h5-8,13-15,19H,4,9-12,16H2,1-3H3,(H,25,28)(H,26,29). The van der Waals surface area contributed by atoms with Crippen molar-refractivity contribution in [2.45, 2.75) is 33.6 Å². The lowest BCUT2D eigenvalue weighted by Crippen LogP contribution is -2.41. The summed E-state index contributed by atoms with van der Waals surface area (Å²) in [6.07, 6.45) is 1.47. The Kier molecular flexibility index (Phi) is 7.46. The molecule has 2 amide bonds. The van der Waals surface area contributed by atoms with Crippen LogP contribution in [0, 0.1) is 19.8 Å². The summed E-state index contributed by atoms with van der Waals surface area (Å²) >= 11 is 0. The second kappa shape index (κ2) is 10.3. The number of hydrogen-bond acceptors (Lipinski definition) is 4. The summed E-state index contributed by atoms with van der Waals surface area (Å²) in [7, 11) is 0. The number of likely N-dealkylation sites (tertiary alicyclic amines) is 1. The molecule has 0 spiro atoms. The molecule has 1 aliphatic rings. The van der Waals surface area contributed by atoms with Gasteiger partial charge in [-0.3, -0.25) is 14.5 Å². The van der Waals surface area contributed by atoms with Crippen LogP contribution >= 0.6 is 0 Å². The Bertz CT molecular complexity index is 869. The normalized spacial score (nSPS) is 14.9. The number of benzene rings is 2. The maximum Gasteiger partial charge on any atom is 0.238 e. The second-order valence-corrected chi connectivity index (χ2v) is 7.89. The zero-order valence-corrected chi connectivity index (χ0v) is 18.0. The maximum absolute atomic E-state index is 12.7. The van der Waals surface area contributed by atoms with E-state index in [1.807, 2.05) is 57.2 Å². The van der Waals surface area contributed by atoms with Crippen LogP contribution in [0.1, 0.15) is 30.9 Å². The molecular formula is C24H31N3O3. The fraction of sp³-hybridized carbons (Fsp3) is 0.417. The van der Waals surface area contributed by atoms with Crippen molar-refractivity contribution in [1.29, 1.82) is 0 Å². The molecule has 6 heteroatoms. The number of para-hydroxylation sites is 2. The second-order valence-electron chi connectivity index (χ2n) is 7.89. The van der Waals surface area contributed by atoms with E-state index in [2.05, 4.69) is 21.6 Å². The monoisotopic (exact) mass is 409 g/mol. The quantitative estimate of drug-likeness (QED) is 0.725. The van der Waals surface area contributed by atoms with Gasteiger partial charge in [0.15, 0.2) is 0 Å². The largest absolute Gasteiger partial charge is 0.492 e. The SMILES string of the molecule is CCOc1ccccc1NC(=O)C1CCN(CC(=O)Nc2cc(C)cc(C)c2)CC1. The first-order valence-electron chi connectivity index (χ1n) is 10.6. The van der Waals surface area contributed by atoms with Crippen molar-refractivity contribution in [3.05, 3.63) is 53.6 Å². The number of anilines is 2. The lowest BCUT2D eigenvalue weighted by atomic mass is 9.95. The number of piperidine rings is 1. The molecule has 2 aromatic rings. The molecule has 3 rings (SSSR count). The lowest BCUT2D eigenvalue weighted by Gasteiger charge is -2.30. The topological polar surface area (TPSA) is 70.7 Å². The lowest BCUT2D eigenvalue weighted by molar-refractivity contribution is -0.121. The van der Waals surface area contributed by atoms with Gasteiger partial charge in [0.05, 0.1) is 18.8 Å². The number of hydrogen-bond donors (Lipinski definition) is 2. The van der Waals surface area contributed by atoms with Gasteiger partial charge in [-0.2, -0.15) is 0 Å². The zero-order valence-electron chi connectivity index (χ0n) is 18.0. The minimum absolute atomic E-state index is 0.0153. The molecule has 160 valence electrons. The fourth-order valence-electron chi connectivity index (χ4n) is 3.89. The first kappa shape index (κ1) is 21.8. The van der Waals surface area contributed by atoms with Crippen LogP contribution in [0.25, 0.3) is 0 Å². The number of nitrogens with one attached hydrogen (secondary N) is 2. The Hall–Kier alpha value is -2.86. The van der Waals surface area contributed by atoms with E-state index < -0.39 is 0 Å². The molecule has 0 radical (unpaired) electrons. The van der Waals surface area contributed by atoms with Crippen molar-refractivity contribution in [2.75, 3.05) is 36.9 Å². The highest BCUT2D eigenvalue weighted by atomic mass is 16.5. The molecule has 1 aliphatic heterocycles. The van der Waals surface area contributed by atoms with Crippen molar-refractivity contribution in [3.63, 3.8) is 0 Å². The van der Waals surface area contributed by atoms with Crippen molar-refractivity contribution in [2.24, 2.45) is 5.92 Å². The summed E-state index contributed by atoms with van der Waals surface area (Å²) in [5.74, 6) is 0.627. The fourth-order valence-corrected chi connectivity index (χ4v) is 3.89. The van der Waals surface area contributed by atoms with Crippen LogP contribution in [0.3, 0.4) is 0 Å². The summed E-state index contributed by atoms with van der Waals surface area (Å²) in [5, 5.41) is 5.98. The Balaban J connectivity index is 1.47. The van der Waals surface area contributed by atoms with Gasteiger partial charge in [-0.25, -0.2) is 0 Å². The van der Waals surface area contributed by atoms with Crippen molar-refractivity contribution < 1.29 is 14.3 Å². The summed E-state index contributed by atoms with van der Waals surface area (Å²) < 4.78 is 5.58. The number of ether oxygens (including phenoxy) is 1. The smallest absolute Gasteiger partial charge is 0.238 e. The number of carbonyl (C=O) groups is 2. The van der Waals surface area contributed by atoms with Gasteiger partial charge in [0.2, 0.25) is 11.8 Å². The molecule has 1 heterocycles. The first-order chi connectivity index (χ1) is 14.4. The summed E-state index contributed by atoms with van der Waals surface area (Å²) in [4.78, 5) is 27.2. The van der Waals surface area contributed by atoms with Gasteiger partial charge in [-0.1, -0.05) is 18.2 Å². The van der Waals surface area contributed by atoms with E-state index in [0.717, 1.165) is 42.7 Å². The summed E-state index contributed by atoms with van der Waals surface area (Å²) in [5.41, 5.74) is 3.80. The molecular weight excluding hydrogens is 378 g/mol. The Labute approximate surface area is 178 Å². The number of carbonyl (C=O) groups excluding carboxylic acids is 2. The molecule has 30 heavy (non-hydrogen) atoms. The van der Waals surface area contributed by atoms with E-state index in [1.165, 1.54) is 0 Å². The van der Waals surface area contributed by atoms with Crippen LogP contribution < -0.4 is 15.4 Å². The highest BCUT2D eigenvalue weighted by molar-refractivity contribution is 5.94. The van der Waals surface area contributed by atoms with E-state index >= 15 is 0 Å². The van der Waals surface area contributed by atoms with E-state index in [4.69, 9.17) is 4.74 Å². The molecule has 2 N–H and O–H groups in total. The predicted molar refractivity (Wildman–Crippen MR) is 120 cm³/mol. The maximum atomic E-state index is 12.7. The molecule has 0 aromatic heterocycles. The Morgan fingerprint density at radius 3 is 2.37 bits per heavy atom. The Morgan fingerprint density at radius 1 is 1.03 bits per heavy atom. The molecule has 6 nitrogen and oxygen atoms in total. The van der Waals surface area contributed by atoms with Crippen molar-refractivity contribution in [3.8, 4) is 5.75 Å². The number of aryl methyl sites for hydroxylation is 2. The highest BCUT2D eigenvalue weighted by Gasteiger charge is 2.26. The van der Waals surface area contributed by atoms with Crippen LogP contribution in [0.4, 0.5) is 11.4 Å². The van der Waals surface area contributed by atoms with E-state index in [0.29, 0.717) is 24.6 Å². The minimum atomic E-state index is -0.0570. The van der Waals surface area contributed by atoms with Crippen LogP contribution in [-0.2, 0) is 9.59 Å². The average Bonchev–Trinajstić information content (AvgIpc) is 2.69. The molecule has 1 fully saturated rings. The third-order valence-electron chi connectivity index (χ3n) is 5.28. The van der Waals surface area contributed by atoms with Crippen LogP contribution in [0.15, 0.2) is 42.5 Å². The zero-order chi connectivity index (χ0) is 21.5. The number of rotatable bonds is 7. The van der Waals surface area contributed by atoms with E-state index in [9.17, 15) is 9.59 Å². The molecule has 1 saturated heterocycles. The molecule has 0 aliphatic carbocycles. The van der Waals surface area contributed by atoms with Crippen LogP contribution in [0.5, 0.6) is 5.75 Å². The van der Waals surface area contributed by atoms with Gasteiger partial charge in [-0.15, -0.1) is 0 Å². The predicted octanol–water partition coefficient (Wildman–Crippen LogP) is 3.99. The first-order valence-corrected chi connectivity index (χ1v) is 10.6. The number of nitrogens with zero attached hydrogens (tertiary/aromatic N) is 1. The van der Waals surface area contributed by atoms with Crippen LogP contribution in [-0.4, -0.2) is 43.0 Å². The molecule has 0 saturated carbocycles.